The number of hydrogen-bond donors (Lipinski definition) is 2. The molecular weight excluding hydrogens is 324 g/mol. The van der Waals surface area contributed by atoms with Crippen LogP contribution in [-0.4, -0.2) is 31.5 Å². The van der Waals surface area contributed by atoms with Crippen LogP contribution in [0.15, 0.2) is 53.1 Å². The van der Waals surface area contributed by atoms with Crippen LogP contribution in [0.1, 0.15) is 18.2 Å². The smallest absolute Gasteiger partial charge is 0.204 e. The molecule has 0 aliphatic carbocycles. The molecule has 8 nitrogen and oxygen atoms in total. The van der Waals surface area contributed by atoms with Crippen molar-refractivity contribution in [1.82, 2.24) is 25.1 Å². The lowest BCUT2D eigenvalue weighted by atomic mass is 9.87. The maximum Gasteiger partial charge on any atom is 0.204 e. The quantitative estimate of drug-likeness (QED) is 0.703. The van der Waals surface area contributed by atoms with E-state index in [0.717, 1.165) is 11.3 Å². The third-order valence-corrected chi connectivity index (χ3v) is 4.67. The van der Waals surface area contributed by atoms with Crippen molar-refractivity contribution in [1.29, 1.82) is 0 Å². The van der Waals surface area contributed by atoms with Gasteiger partial charge in [-0.05, 0) is 13.0 Å². The summed E-state index contributed by atoms with van der Waals surface area (Å²) >= 11 is 1.41. The van der Waals surface area contributed by atoms with Gasteiger partial charge >= 0.3 is 0 Å². The topological polar surface area (TPSA) is 109 Å². The number of anilines is 2. The van der Waals surface area contributed by atoms with E-state index in [0.29, 0.717) is 16.7 Å². The second-order valence-electron chi connectivity index (χ2n) is 5.37. The highest BCUT2D eigenvalue weighted by Gasteiger charge is 2.36. The number of nitrogens with one attached hydrogen (secondary N) is 1. The van der Waals surface area contributed by atoms with Crippen LogP contribution in [0, 0.1) is 0 Å². The molecule has 0 amide bonds. The molecule has 1 atom stereocenters. The fraction of sp³-hybridized carbons (Fsp3) is 0.133. The Bertz CT molecular complexity index is 894. The number of nitrogens with zero attached hydrogens (tertiary/aromatic N) is 6. The van der Waals surface area contributed by atoms with Crippen molar-refractivity contribution >= 4 is 29.8 Å². The predicted octanol–water partition coefficient (Wildman–Crippen LogP) is 2.00. The zero-order valence-electron chi connectivity index (χ0n) is 12.8. The molecule has 1 aliphatic rings. The number of aliphatic imine (C=N–C) groups is 1. The number of fused-ring (bicyclic) bond motifs is 1. The summed E-state index contributed by atoms with van der Waals surface area (Å²) in [6.07, 6.45) is 6.46. The van der Waals surface area contributed by atoms with Crippen molar-refractivity contribution < 1.29 is 0 Å². The first-order valence-corrected chi connectivity index (χ1v) is 7.99. The molecule has 3 N–H and O–H groups in total. The van der Waals surface area contributed by atoms with Gasteiger partial charge in [-0.25, -0.2) is 9.97 Å². The van der Waals surface area contributed by atoms with Gasteiger partial charge in [-0.2, -0.15) is 5.10 Å². The van der Waals surface area contributed by atoms with E-state index in [-0.39, 0.29) is 0 Å². The minimum absolute atomic E-state index is 0.375. The summed E-state index contributed by atoms with van der Waals surface area (Å²) in [6.45, 7) is 2.00. The lowest BCUT2D eigenvalue weighted by Crippen LogP contribution is -2.32. The molecule has 3 heterocycles. The minimum Gasteiger partial charge on any atom is -0.382 e. The molecule has 2 aromatic heterocycles. The summed E-state index contributed by atoms with van der Waals surface area (Å²) in [4.78, 5) is 17.4. The lowest BCUT2D eigenvalue weighted by Gasteiger charge is -2.34. The number of nitrogen functional groups attached to an aromatic ring is 1. The van der Waals surface area contributed by atoms with E-state index >= 15 is 0 Å². The normalized spacial score (nSPS) is 19.3. The third kappa shape index (κ3) is 2.38. The fourth-order valence-electron chi connectivity index (χ4n) is 2.60. The molecule has 0 fully saturated rings. The molecule has 120 valence electrons. The fourth-order valence-corrected chi connectivity index (χ4v) is 3.33. The Morgan fingerprint density at radius 2 is 2.12 bits per heavy atom. The van der Waals surface area contributed by atoms with Crippen LogP contribution >= 0.6 is 11.9 Å². The summed E-state index contributed by atoms with van der Waals surface area (Å²) in [7, 11) is 0. The molecule has 1 unspecified atom stereocenters. The van der Waals surface area contributed by atoms with Gasteiger partial charge in [0.25, 0.3) is 0 Å². The van der Waals surface area contributed by atoms with Gasteiger partial charge in [0.2, 0.25) is 5.16 Å². The standard InChI is InChI=1S/C15H14N8S/c1-15(12-6-17-7-13(16)21-12)10-4-2-3-5-11(10)23(9-19-15)24-14-18-8-20-22-14/h2-9H,1H3,(H2,16,21)(H,18,20,22). The summed E-state index contributed by atoms with van der Waals surface area (Å²) in [5.74, 6) is 0.375. The number of aromatic nitrogens is 5. The number of H-pyrrole nitrogens is 1. The van der Waals surface area contributed by atoms with E-state index in [4.69, 9.17) is 10.7 Å². The van der Waals surface area contributed by atoms with Crippen molar-refractivity contribution in [2.24, 2.45) is 4.99 Å². The molecule has 4 rings (SSSR count). The Balaban J connectivity index is 1.79. The summed E-state index contributed by atoms with van der Waals surface area (Å²) in [5, 5.41) is 7.39. The van der Waals surface area contributed by atoms with Gasteiger partial charge in [0, 0.05) is 17.5 Å². The van der Waals surface area contributed by atoms with E-state index in [1.165, 1.54) is 24.5 Å². The number of nitrogens with two attached hydrogens (primary N) is 1. The second kappa shape index (κ2) is 5.60. The van der Waals surface area contributed by atoms with Crippen LogP contribution < -0.4 is 10.0 Å². The number of hydrogen-bond acceptors (Lipinski definition) is 8. The Morgan fingerprint density at radius 1 is 1.25 bits per heavy atom. The molecule has 9 heteroatoms. The summed E-state index contributed by atoms with van der Waals surface area (Å²) in [6, 6.07) is 8.03. The maximum atomic E-state index is 5.80. The zero-order chi connectivity index (χ0) is 16.6. The van der Waals surface area contributed by atoms with Crippen LogP contribution in [0.5, 0.6) is 0 Å². The first-order chi connectivity index (χ1) is 11.7. The lowest BCUT2D eigenvalue weighted by molar-refractivity contribution is 0.580. The monoisotopic (exact) mass is 338 g/mol. The highest BCUT2D eigenvalue weighted by atomic mass is 32.2. The highest BCUT2D eigenvalue weighted by molar-refractivity contribution is 8.01. The largest absolute Gasteiger partial charge is 0.382 e. The highest BCUT2D eigenvalue weighted by Crippen LogP contribution is 2.43. The van der Waals surface area contributed by atoms with E-state index < -0.39 is 5.54 Å². The average Bonchev–Trinajstić information content (AvgIpc) is 3.11. The molecule has 3 aromatic rings. The van der Waals surface area contributed by atoms with Gasteiger partial charge in [-0.3, -0.25) is 19.4 Å². The van der Waals surface area contributed by atoms with Crippen molar-refractivity contribution in [2.75, 3.05) is 10.0 Å². The summed E-state index contributed by atoms with van der Waals surface area (Å²) < 4.78 is 1.94. The Hall–Kier alpha value is -2.94. The Kier molecular flexibility index (Phi) is 3.42. The van der Waals surface area contributed by atoms with Crippen LogP contribution in [0.2, 0.25) is 0 Å². The third-order valence-electron chi connectivity index (χ3n) is 3.82. The molecule has 0 saturated carbocycles. The van der Waals surface area contributed by atoms with Crippen LogP contribution in [0.3, 0.4) is 0 Å². The van der Waals surface area contributed by atoms with Gasteiger partial charge in [0.15, 0.2) is 0 Å². The SMILES string of the molecule is CC1(c2cncc(N)n2)N=CN(Sc2ncn[nH]2)c2ccccc21. The van der Waals surface area contributed by atoms with Crippen molar-refractivity contribution in [3.63, 3.8) is 0 Å². The van der Waals surface area contributed by atoms with E-state index in [2.05, 4.69) is 25.1 Å². The second-order valence-corrected chi connectivity index (χ2v) is 6.33. The zero-order valence-corrected chi connectivity index (χ0v) is 13.6. The van der Waals surface area contributed by atoms with Crippen molar-refractivity contribution in [3.8, 4) is 0 Å². The van der Waals surface area contributed by atoms with Gasteiger partial charge in [-0.1, -0.05) is 18.2 Å². The van der Waals surface area contributed by atoms with E-state index in [9.17, 15) is 0 Å². The van der Waals surface area contributed by atoms with Gasteiger partial charge in [0.05, 0.1) is 23.8 Å². The molecule has 0 spiro atoms. The van der Waals surface area contributed by atoms with Crippen LogP contribution in [0.4, 0.5) is 11.5 Å². The molecule has 0 bridgehead atoms. The Morgan fingerprint density at radius 3 is 2.92 bits per heavy atom. The number of rotatable bonds is 3. The number of benzene rings is 1. The summed E-state index contributed by atoms with van der Waals surface area (Å²) in [5.41, 5.74) is 7.87. The van der Waals surface area contributed by atoms with Crippen LogP contribution in [-0.2, 0) is 5.54 Å². The van der Waals surface area contributed by atoms with Gasteiger partial charge in [0.1, 0.15) is 24.0 Å². The molecule has 0 saturated heterocycles. The number of aromatic amines is 1. The predicted molar refractivity (Wildman–Crippen MR) is 92.6 cm³/mol. The maximum absolute atomic E-state index is 5.80. The van der Waals surface area contributed by atoms with Gasteiger partial charge in [-0.15, -0.1) is 0 Å². The van der Waals surface area contributed by atoms with Crippen molar-refractivity contribution in [3.05, 3.63) is 54.2 Å². The molecular formula is C15H14N8S. The Labute approximate surface area is 142 Å². The van der Waals surface area contributed by atoms with E-state index in [1.807, 2.05) is 35.5 Å². The molecule has 24 heavy (non-hydrogen) atoms. The van der Waals surface area contributed by atoms with E-state index in [1.54, 1.807) is 12.5 Å². The van der Waals surface area contributed by atoms with Crippen molar-refractivity contribution in [2.45, 2.75) is 17.6 Å². The average molecular weight is 338 g/mol. The first-order valence-electron chi connectivity index (χ1n) is 7.22. The first kappa shape index (κ1) is 14.6. The molecule has 1 aliphatic heterocycles. The number of para-hydroxylation sites is 1. The molecule has 0 radical (unpaired) electrons. The minimum atomic E-state index is -0.655. The van der Waals surface area contributed by atoms with Gasteiger partial charge < -0.3 is 5.73 Å². The molecule has 1 aromatic carbocycles. The van der Waals surface area contributed by atoms with Crippen LogP contribution in [0.25, 0.3) is 0 Å².